The highest BCUT2D eigenvalue weighted by Crippen LogP contribution is 2.24. The van der Waals surface area contributed by atoms with Gasteiger partial charge in [0.1, 0.15) is 5.82 Å². The first-order chi connectivity index (χ1) is 12.6. The van der Waals surface area contributed by atoms with Gasteiger partial charge in [-0.3, -0.25) is 9.59 Å². The number of aryl methyl sites for hydroxylation is 1. The zero-order valence-electron chi connectivity index (χ0n) is 15.2. The molecular weight excluding hydrogens is 328 g/mol. The molecule has 0 bridgehead atoms. The third kappa shape index (κ3) is 4.02. The lowest BCUT2D eigenvalue weighted by atomic mass is 9.96. The Morgan fingerprint density at radius 1 is 1.23 bits per heavy atom. The number of hydrogen-bond acceptors (Lipinski definition) is 4. The number of carbonyl (C=O) groups excluding carboxylic acids is 2. The van der Waals surface area contributed by atoms with Gasteiger partial charge in [0.25, 0.3) is 5.91 Å². The minimum absolute atomic E-state index is 0.0152. The van der Waals surface area contributed by atoms with E-state index >= 15 is 0 Å². The molecule has 0 radical (unpaired) electrons. The molecule has 1 saturated heterocycles. The Kier molecular flexibility index (Phi) is 5.51. The molecule has 2 N–H and O–H groups in total. The van der Waals surface area contributed by atoms with Crippen LogP contribution in [0.25, 0.3) is 0 Å². The van der Waals surface area contributed by atoms with Crippen molar-refractivity contribution in [3.8, 4) is 0 Å². The average Bonchev–Trinajstić information content (AvgIpc) is 2.69. The van der Waals surface area contributed by atoms with Gasteiger partial charge >= 0.3 is 0 Å². The van der Waals surface area contributed by atoms with E-state index in [2.05, 4.69) is 20.5 Å². The molecule has 3 rings (SSSR count). The number of piperidine rings is 1. The van der Waals surface area contributed by atoms with Gasteiger partial charge in [0.15, 0.2) is 0 Å². The predicted octanol–water partition coefficient (Wildman–Crippen LogP) is 2.60. The summed E-state index contributed by atoms with van der Waals surface area (Å²) in [6.45, 7) is 3.47. The van der Waals surface area contributed by atoms with Crippen LogP contribution in [0.2, 0.25) is 0 Å². The molecule has 6 nitrogen and oxygen atoms in total. The first kappa shape index (κ1) is 17.9. The fraction of sp³-hybridized carbons (Fsp3) is 0.350. The number of rotatable bonds is 4. The Bertz CT molecular complexity index is 792. The number of aromatic nitrogens is 1. The number of anilines is 2. The molecular formula is C20H24N4O2. The van der Waals surface area contributed by atoms with Crippen molar-refractivity contribution in [2.24, 2.45) is 5.92 Å². The SMILES string of the molecule is CNC(=O)c1ccc(NC(=O)C2CCCN(c3ccccn3)C2)c(C)c1. The molecule has 2 aromatic rings. The Balaban J connectivity index is 1.67. The van der Waals surface area contributed by atoms with Crippen molar-refractivity contribution in [1.82, 2.24) is 10.3 Å². The second-order valence-electron chi connectivity index (χ2n) is 6.57. The van der Waals surface area contributed by atoms with E-state index in [4.69, 9.17) is 0 Å². The van der Waals surface area contributed by atoms with Crippen molar-refractivity contribution in [2.45, 2.75) is 19.8 Å². The Morgan fingerprint density at radius 2 is 2.08 bits per heavy atom. The predicted molar refractivity (Wildman–Crippen MR) is 102 cm³/mol. The van der Waals surface area contributed by atoms with E-state index in [0.29, 0.717) is 12.1 Å². The van der Waals surface area contributed by atoms with Crippen LogP contribution in [0, 0.1) is 12.8 Å². The minimum atomic E-state index is -0.135. The van der Waals surface area contributed by atoms with E-state index in [0.717, 1.165) is 36.5 Å². The number of pyridine rings is 1. The van der Waals surface area contributed by atoms with Gasteiger partial charge in [0.2, 0.25) is 5.91 Å². The zero-order chi connectivity index (χ0) is 18.5. The number of nitrogens with one attached hydrogen (secondary N) is 2. The van der Waals surface area contributed by atoms with Crippen molar-refractivity contribution < 1.29 is 9.59 Å². The van der Waals surface area contributed by atoms with Crippen molar-refractivity contribution in [1.29, 1.82) is 0 Å². The Morgan fingerprint density at radius 3 is 2.77 bits per heavy atom. The molecule has 136 valence electrons. The van der Waals surface area contributed by atoms with Crippen LogP contribution >= 0.6 is 0 Å². The van der Waals surface area contributed by atoms with Crippen LogP contribution in [0.5, 0.6) is 0 Å². The monoisotopic (exact) mass is 352 g/mol. The first-order valence-corrected chi connectivity index (χ1v) is 8.88. The topological polar surface area (TPSA) is 74.3 Å². The normalized spacial score (nSPS) is 16.8. The average molecular weight is 352 g/mol. The third-order valence-corrected chi connectivity index (χ3v) is 4.74. The van der Waals surface area contributed by atoms with Gasteiger partial charge < -0.3 is 15.5 Å². The standard InChI is InChI=1S/C20H24N4O2/c1-14-12-15(19(25)21-2)8-9-17(14)23-20(26)16-6-5-11-24(13-16)18-7-3-4-10-22-18/h3-4,7-10,12,16H,5-6,11,13H2,1-2H3,(H,21,25)(H,23,26). The molecule has 0 aliphatic carbocycles. The van der Waals surface area contributed by atoms with E-state index in [9.17, 15) is 9.59 Å². The van der Waals surface area contributed by atoms with E-state index in [1.165, 1.54) is 0 Å². The van der Waals surface area contributed by atoms with Crippen molar-refractivity contribution in [3.63, 3.8) is 0 Å². The molecule has 1 aromatic heterocycles. The summed E-state index contributed by atoms with van der Waals surface area (Å²) in [5.41, 5.74) is 2.21. The van der Waals surface area contributed by atoms with Crippen LogP contribution in [0.1, 0.15) is 28.8 Å². The van der Waals surface area contributed by atoms with Gasteiger partial charge in [0.05, 0.1) is 5.92 Å². The van der Waals surface area contributed by atoms with Crippen molar-refractivity contribution in [2.75, 3.05) is 30.4 Å². The molecule has 0 saturated carbocycles. The molecule has 2 amide bonds. The lowest BCUT2D eigenvalue weighted by molar-refractivity contribution is -0.120. The maximum Gasteiger partial charge on any atom is 0.251 e. The molecule has 1 fully saturated rings. The molecule has 1 unspecified atom stereocenters. The highest BCUT2D eigenvalue weighted by atomic mass is 16.2. The largest absolute Gasteiger partial charge is 0.356 e. The number of hydrogen-bond donors (Lipinski definition) is 2. The summed E-state index contributed by atoms with van der Waals surface area (Å²) >= 11 is 0. The van der Waals surface area contributed by atoms with Gasteiger partial charge in [-0.05, 0) is 55.7 Å². The first-order valence-electron chi connectivity index (χ1n) is 8.88. The number of nitrogens with zero attached hydrogens (tertiary/aromatic N) is 2. The van der Waals surface area contributed by atoms with Crippen LogP contribution in [0.15, 0.2) is 42.6 Å². The Labute approximate surface area is 153 Å². The van der Waals surface area contributed by atoms with Gasteiger partial charge in [-0.1, -0.05) is 6.07 Å². The van der Waals surface area contributed by atoms with Gasteiger partial charge in [-0.25, -0.2) is 4.98 Å². The van der Waals surface area contributed by atoms with E-state index < -0.39 is 0 Å². The maximum absolute atomic E-state index is 12.7. The highest BCUT2D eigenvalue weighted by Gasteiger charge is 2.26. The molecule has 1 aliphatic rings. The van der Waals surface area contributed by atoms with Crippen LogP contribution in [-0.4, -0.2) is 36.9 Å². The van der Waals surface area contributed by atoms with Crippen LogP contribution < -0.4 is 15.5 Å². The van der Waals surface area contributed by atoms with Crippen LogP contribution in [0.3, 0.4) is 0 Å². The second-order valence-corrected chi connectivity index (χ2v) is 6.57. The smallest absolute Gasteiger partial charge is 0.251 e. The summed E-state index contributed by atoms with van der Waals surface area (Å²) in [5, 5.41) is 5.62. The summed E-state index contributed by atoms with van der Waals surface area (Å²) in [4.78, 5) is 31.0. The van der Waals surface area contributed by atoms with Crippen LogP contribution in [0.4, 0.5) is 11.5 Å². The van der Waals surface area contributed by atoms with Crippen molar-refractivity contribution >= 4 is 23.3 Å². The zero-order valence-corrected chi connectivity index (χ0v) is 15.2. The summed E-state index contributed by atoms with van der Waals surface area (Å²) in [7, 11) is 1.60. The van der Waals surface area contributed by atoms with E-state index in [1.807, 2.05) is 25.1 Å². The molecule has 1 aliphatic heterocycles. The fourth-order valence-corrected chi connectivity index (χ4v) is 3.26. The number of benzene rings is 1. The maximum atomic E-state index is 12.7. The number of amides is 2. The molecule has 2 heterocycles. The van der Waals surface area contributed by atoms with Crippen molar-refractivity contribution in [3.05, 3.63) is 53.7 Å². The summed E-state index contributed by atoms with van der Waals surface area (Å²) in [6.07, 6.45) is 3.60. The van der Waals surface area contributed by atoms with Gasteiger partial charge in [-0.15, -0.1) is 0 Å². The molecule has 1 atom stereocenters. The number of carbonyl (C=O) groups is 2. The highest BCUT2D eigenvalue weighted by molar-refractivity contribution is 5.97. The lowest BCUT2D eigenvalue weighted by Crippen LogP contribution is -2.41. The fourth-order valence-electron chi connectivity index (χ4n) is 3.26. The van der Waals surface area contributed by atoms with Gasteiger partial charge in [0, 0.05) is 37.6 Å². The minimum Gasteiger partial charge on any atom is -0.356 e. The molecule has 26 heavy (non-hydrogen) atoms. The lowest BCUT2D eigenvalue weighted by Gasteiger charge is -2.32. The summed E-state index contributed by atoms with van der Waals surface area (Å²) in [6, 6.07) is 11.1. The molecule has 0 spiro atoms. The Hall–Kier alpha value is -2.89. The molecule has 1 aromatic carbocycles. The van der Waals surface area contributed by atoms with E-state index in [-0.39, 0.29) is 17.7 Å². The summed E-state index contributed by atoms with van der Waals surface area (Å²) < 4.78 is 0. The molecule has 6 heteroatoms. The van der Waals surface area contributed by atoms with E-state index in [1.54, 1.807) is 31.4 Å². The van der Waals surface area contributed by atoms with Crippen LogP contribution in [-0.2, 0) is 4.79 Å². The quantitative estimate of drug-likeness (QED) is 0.887. The summed E-state index contributed by atoms with van der Waals surface area (Å²) in [5.74, 6) is 0.713. The second kappa shape index (κ2) is 7.99. The van der Waals surface area contributed by atoms with Gasteiger partial charge in [-0.2, -0.15) is 0 Å². The third-order valence-electron chi connectivity index (χ3n) is 4.74.